The van der Waals surface area contributed by atoms with Crippen LogP contribution in [0.15, 0.2) is 40.5 Å². The minimum Gasteiger partial charge on any atom is -0.281 e. The van der Waals surface area contributed by atoms with Gasteiger partial charge in [0, 0.05) is 23.5 Å². The van der Waals surface area contributed by atoms with E-state index in [4.69, 9.17) is 0 Å². The molecule has 0 bridgehead atoms. The summed E-state index contributed by atoms with van der Waals surface area (Å²) in [7, 11) is 0. The Morgan fingerprint density at radius 1 is 1.12 bits per heavy atom. The van der Waals surface area contributed by atoms with E-state index in [1.807, 2.05) is 18.3 Å². The van der Waals surface area contributed by atoms with Crippen LogP contribution in [0.3, 0.4) is 0 Å². The van der Waals surface area contributed by atoms with Crippen molar-refractivity contribution in [2.45, 2.75) is 0 Å². The minimum absolute atomic E-state index is 0.833. The fourth-order valence-corrected chi connectivity index (χ4v) is 2.26. The lowest BCUT2D eigenvalue weighted by molar-refractivity contribution is 1.29. The Labute approximate surface area is 97.3 Å². The maximum Gasteiger partial charge on any atom is 0.0892 e. The van der Waals surface area contributed by atoms with Gasteiger partial charge in [-0.2, -0.15) is 0 Å². The van der Waals surface area contributed by atoms with Crippen LogP contribution in [0.4, 0.5) is 0 Å². The first-order valence-corrected chi connectivity index (χ1v) is 5.95. The molecule has 2 aromatic rings. The van der Waals surface area contributed by atoms with Gasteiger partial charge in [0.2, 0.25) is 0 Å². The van der Waals surface area contributed by atoms with Gasteiger partial charge in [-0.15, -0.1) is 11.8 Å². The molecule has 0 spiro atoms. The highest BCUT2D eigenvalue weighted by molar-refractivity contribution is 8.04. The molecule has 2 heterocycles. The summed E-state index contributed by atoms with van der Waals surface area (Å²) in [5, 5.41) is 0. The van der Waals surface area contributed by atoms with E-state index in [1.165, 1.54) is 4.91 Å². The predicted molar refractivity (Wildman–Crippen MR) is 68.5 cm³/mol. The number of nitrogens with zero attached hydrogens (tertiary/aromatic N) is 3. The molecule has 0 N–H and O–H groups in total. The lowest BCUT2D eigenvalue weighted by Gasteiger charge is -1.98. The largest absolute Gasteiger partial charge is 0.281 e. The van der Waals surface area contributed by atoms with Gasteiger partial charge in [0.05, 0.1) is 16.9 Å². The van der Waals surface area contributed by atoms with Gasteiger partial charge >= 0.3 is 0 Å². The molecule has 78 valence electrons. The summed E-state index contributed by atoms with van der Waals surface area (Å²) in [6, 6.07) is 6.09. The molecule has 0 aliphatic carbocycles. The molecule has 1 aromatic heterocycles. The number of aliphatic imine (C=N–C) groups is 1. The maximum atomic E-state index is 4.28. The van der Waals surface area contributed by atoms with Crippen molar-refractivity contribution in [1.29, 1.82) is 0 Å². The highest BCUT2D eigenvalue weighted by Crippen LogP contribution is 2.23. The van der Waals surface area contributed by atoms with Crippen LogP contribution >= 0.6 is 11.8 Å². The van der Waals surface area contributed by atoms with Crippen LogP contribution in [0, 0.1) is 0 Å². The number of allylic oxidation sites excluding steroid dienone is 1. The number of hydrogen-bond acceptors (Lipinski definition) is 4. The molecule has 0 saturated carbocycles. The second-order valence-electron chi connectivity index (χ2n) is 3.44. The zero-order valence-corrected chi connectivity index (χ0v) is 9.31. The van der Waals surface area contributed by atoms with Crippen molar-refractivity contribution in [1.82, 2.24) is 9.97 Å². The van der Waals surface area contributed by atoms with E-state index in [0.29, 0.717) is 0 Å². The Kier molecular flexibility index (Phi) is 2.42. The number of aromatic nitrogens is 2. The Bertz CT molecular complexity index is 590. The third-order valence-electron chi connectivity index (χ3n) is 2.33. The number of hydrogen-bond donors (Lipinski definition) is 0. The quantitative estimate of drug-likeness (QED) is 0.751. The van der Waals surface area contributed by atoms with Crippen molar-refractivity contribution < 1.29 is 0 Å². The second-order valence-corrected chi connectivity index (χ2v) is 4.45. The third-order valence-corrected chi connectivity index (χ3v) is 3.16. The molecule has 0 atom stereocenters. The molecule has 0 radical (unpaired) electrons. The van der Waals surface area contributed by atoms with E-state index < -0.39 is 0 Å². The molecule has 1 aliphatic rings. The predicted octanol–water partition coefficient (Wildman–Crippen LogP) is 2.75. The first kappa shape index (κ1) is 9.54. The van der Waals surface area contributed by atoms with E-state index in [2.05, 4.69) is 27.1 Å². The molecule has 3 rings (SSSR count). The van der Waals surface area contributed by atoms with E-state index in [9.17, 15) is 0 Å². The summed E-state index contributed by atoms with van der Waals surface area (Å²) in [4.78, 5) is 13.9. The molecule has 0 amide bonds. The molecule has 16 heavy (non-hydrogen) atoms. The maximum absolute atomic E-state index is 4.28. The molecule has 0 unspecified atom stereocenters. The Hall–Kier alpha value is -1.68. The Balaban J connectivity index is 2.05. The Morgan fingerprint density at radius 3 is 2.81 bits per heavy atom. The summed E-state index contributed by atoms with van der Waals surface area (Å²) in [5.74, 6) is 0.833. The summed E-state index contributed by atoms with van der Waals surface area (Å²) < 4.78 is 0. The number of fused-ring (bicyclic) bond motifs is 1. The molecule has 0 fully saturated rings. The van der Waals surface area contributed by atoms with Crippen LogP contribution in [0.2, 0.25) is 0 Å². The standard InChI is InChI=1S/C12H9N3S/c1-2-11-12(15-4-3-14-11)6-9(1)5-10-7-13-8-16-10/h1-7H,8H2. The number of thioether (sulfide) groups is 1. The van der Waals surface area contributed by atoms with Crippen LogP contribution in [-0.2, 0) is 0 Å². The van der Waals surface area contributed by atoms with E-state index in [0.717, 1.165) is 22.5 Å². The van der Waals surface area contributed by atoms with Crippen LogP contribution in [-0.4, -0.2) is 22.1 Å². The minimum atomic E-state index is 0.833. The molecule has 0 saturated heterocycles. The lowest BCUT2D eigenvalue weighted by Crippen LogP contribution is -1.83. The topological polar surface area (TPSA) is 38.1 Å². The van der Waals surface area contributed by atoms with Gasteiger partial charge in [-0.25, -0.2) is 0 Å². The Morgan fingerprint density at radius 2 is 2.00 bits per heavy atom. The average Bonchev–Trinajstić information content (AvgIpc) is 2.82. The second kappa shape index (κ2) is 4.06. The summed E-state index contributed by atoms with van der Waals surface area (Å²) >= 11 is 1.75. The average molecular weight is 227 g/mol. The smallest absolute Gasteiger partial charge is 0.0892 e. The molecular weight excluding hydrogens is 218 g/mol. The SMILES string of the molecule is C1=NCSC1=Cc1ccc2nccnc2c1. The van der Waals surface area contributed by atoms with Crippen molar-refractivity contribution in [3.8, 4) is 0 Å². The fourth-order valence-electron chi connectivity index (χ4n) is 1.59. The highest BCUT2D eigenvalue weighted by atomic mass is 32.2. The van der Waals surface area contributed by atoms with Crippen molar-refractivity contribution in [3.63, 3.8) is 0 Å². The summed E-state index contributed by atoms with van der Waals surface area (Å²) in [6.07, 6.45) is 7.45. The lowest BCUT2D eigenvalue weighted by atomic mass is 10.2. The first-order chi connectivity index (χ1) is 7.92. The molecular formula is C12H9N3S. The third kappa shape index (κ3) is 1.84. The molecule has 3 nitrogen and oxygen atoms in total. The molecule has 4 heteroatoms. The van der Waals surface area contributed by atoms with Gasteiger partial charge in [0.1, 0.15) is 0 Å². The van der Waals surface area contributed by atoms with Gasteiger partial charge in [-0.05, 0) is 23.8 Å². The van der Waals surface area contributed by atoms with Gasteiger partial charge in [-0.1, -0.05) is 6.07 Å². The first-order valence-electron chi connectivity index (χ1n) is 4.97. The monoisotopic (exact) mass is 227 g/mol. The van der Waals surface area contributed by atoms with Crippen molar-refractivity contribution >= 4 is 35.1 Å². The van der Waals surface area contributed by atoms with Crippen LogP contribution in [0.1, 0.15) is 5.56 Å². The van der Waals surface area contributed by atoms with Gasteiger partial charge in [-0.3, -0.25) is 15.0 Å². The van der Waals surface area contributed by atoms with Gasteiger partial charge in [0.15, 0.2) is 0 Å². The highest BCUT2D eigenvalue weighted by Gasteiger charge is 2.02. The molecule has 1 aliphatic heterocycles. The molecule has 1 aromatic carbocycles. The van der Waals surface area contributed by atoms with Crippen molar-refractivity contribution in [3.05, 3.63) is 41.1 Å². The van der Waals surface area contributed by atoms with E-state index in [-0.39, 0.29) is 0 Å². The summed E-state index contributed by atoms with van der Waals surface area (Å²) in [6.45, 7) is 0. The van der Waals surface area contributed by atoms with E-state index >= 15 is 0 Å². The number of rotatable bonds is 1. The van der Waals surface area contributed by atoms with Crippen LogP contribution < -0.4 is 0 Å². The van der Waals surface area contributed by atoms with Gasteiger partial charge < -0.3 is 0 Å². The zero-order chi connectivity index (χ0) is 10.8. The summed E-state index contributed by atoms with van der Waals surface area (Å²) in [5.41, 5.74) is 3.00. The van der Waals surface area contributed by atoms with Crippen molar-refractivity contribution in [2.75, 3.05) is 5.88 Å². The number of benzene rings is 1. The van der Waals surface area contributed by atoms with E-state index in [1.54, 1.807) is 24.2 Å². The fraction of sp³-hybridized carbons (Fsp3) is 0.0833. The normalized spacial score (nSPS) is 17.4. The van der Waals surface area contributed by atoms with Crippen molar-refractivity contribution in [2.24, 2.45) is 4.99 Å². The van der Waals surface area contributed by atoms with Crippen LogP contribution in [0.5, 0.6) is 0 Å². The van der Waals surface area contributed by atoms with Gasteiger partial charge in [0.25, 0.3) is 0 Å². The van der Waals surface area contributed by atoms with Crippen LogP contribution in [0.25, 0.3) is 17.1 Å². The zero-order valence-electron chi connectivity index (χ0n) is 8.50.